The number of aryl methyl sites for hydroxylation is 1. The number of anilines is 2. The van der Waals surface area contributed by atoms with E-state index in [9.17, 15) is 21.6 Å². The van der Waals surface area contributed by atoms with Crippen LogP contribution in [0.15, 0.2) is 47.4 Å². The van der Waals surface area contributed by atoms with Crippen LogP contribution in [0.25, 0.3) is 10.9 Å². The van der Waals surface area contributed by atoms with Crippen LogP contribution in [0.1, 0.15) is 43.9 Å². The van der Waals surface area contributed by atoms with Crippen molar-refractivity contribution in [2.45, 2.75) is 68.7 Å². The molecule has 1 aromatic heterocycles. The zero-order chi connectivity index (χ0) is 30.8. The molecule has 43 heavy (non-hydrogen) atoms. The van der Waals surface area contributed by atoms with Gasteiger partial charge in [-0.15, -0.1) is 0 Å². The van der Waals surface area contributed by atoms with E-state index in [1.807, 2.05) is 6.07 Å². The molecular weight excluding hydrogens is 577 g/mol. The maximum absolute atomic E-state index is 13.6. The molecule has 1 saturated heterocycles. The largest absolute Gasteiger partial charge is 0.406 e. The molecule has 0 spiro atoms. The number of halogens is 3. The molecule has 0 atom stereocenters. The molecule has 1 aliphatic heterocycles. The smallest absolute Gasteiger partial charge is 0.382 e. The third-order valence-corrected chi connectivity index (χ3v) is 9.80. The lowest BCUT2D eigenvalue weighted by atomic mass is 9.79. The Bertz CT molecular complexity index is 1620. The van der Waals surface area contributed by atoms with Gasteiger partial charge in [0.05, 0.1) is 35.9 Å². The summed E-state index contributed by atoms with van der Waals surface area (Å²) in [4.78, 5) is 2.76. The Kier molecular flexibility index (Phi) is 9.02. The van der Waals surface area contributed by atoms with Crippen molar-refractivity contribution in [3.05, 3.63) is 53.7 Å². The summed E-state index contributed by atoms with van der Waals surface area (Å²) in [5.41, 5.74) is 3.19. The number of hydrogen-bond acceptors (Lipinski definition) is 6. The van der Waals surface area contributed by atoms with Crippen LogP contribution in [0.5, 0.6) is 0 Å². The van der Waals surface area contributed by atoms with Crippen LogP contribution >= 0.6 is 0 Å². The average molecular weight is 617 g/mol. The number of ether oxygens (including phenoxy) is 1. The number of rotatable bonds is 7. The van der Waals surface area contributed by atoms with Gasteiger partial charge in [0.1, 0.15) is 6.54 Å². The van der Waals surface area contributed by atoms with Crippen LogP contribution in [0.3, 0.4) is 0 Å². The van der Waals surface area contributed by atoms with E-state index in [2.05, 4.69) is 34.3 Å². The number of hydrogen-bond donors (Lipinski definition) is 2. The lowest BCUT2D eigenvalue weighted by Crippen LogP contribution is -2.54. The second-order valence-electron chi connectivity index (χ2n) is 11.9. The number of benzene rings is 2. The Morgan fingerprint density at radius 2 is 1.79 bits per heavy atom. The molecule has 2 fully saturated rings. The van der Waals surface area contributed by atoms with Gasteiger partial charge < -0.3 is 19.9 Å². The molecule has 0 amide bonds. The number of fused-ring (bicyclic) bond motifs is 1. The van der Waals surface area contributed by atoms with E-state index in [0.29, 0.717) is 11.2 Å². The molecule has 5 rings (SSSR count). The van der Waals surface area contributed by atoms with E-state index in [1.54, 1.807) is 37.3 Å². The number of morpholine rings is 1. The van der Waals surface area contributed by atoms with Crippen molar-refractivity contribution in [3.8, 4) is 11.8 Å². The van der Waals surface area contributed by atoms with E-state index in [1.165, 1.54) is 10.6 Å². The fourth-order valence-corrected chi connectivity index (χ4v) is 6.93. The molecule has 2 aromatic carbocycles. The Balaban J connectivity index is 1.33. The Hall–Kier alpha value is -3.20. The first kappa shape index (κ1) is 31.2. The van der Waals surface area contributed by atoms with E-state index in [4.69, 9.17) is 4.74 Å². The van der Waals surface area contributed by atoms with Gasteiger partial charge in [0.2, 0.25) is 0 Å². The highest BCUT2D eigenvalue weighted by Gasteiger charge is 2.37. The minimum absolute atomic E-state index is 0.148. The van der Waals surface area contributed by atoms with Gasteiger partial charge in [-0.25, -0.2) is 8.42 Å². The summed E-state index contributed by atoms with van der Waals surface area (Å²) in [6, 6.07) is 12.2. The molecule has 2 heterocycles. The first-order valence-electron chi connectivity index (χ1n) is 14.6. The quantitative estimate of drug-likeness (QED) is 0.326. The van der Waals surface area contributed by atoms with Gasteiger partial charge in [-0.2, -0.15) is 13.2 Å². The summed E-state index contributed by atoms with van der Waals surface area (Å²) in [6.07, 6.45) is 0.813. The molecule has 0 bridgehead atoms. The van der Waals surface area contributed by atoms with Crippen molar-refractivity contribution in [3.63, 3.8) is 0 Å². The SMILES string of the molecule is Cc1cc(S(C)(=O)=O)ccc1NCC#Cc1cc2c(NC3CCC(C)(N4CCOCC4)CC3)cccc2n1CC(F)(F)F. The Morgan fingerprint density at radius 1 is 1.07 bits per heavy atom. The number of aromatic nitrogens is 1. The molecule has 0 radical (unpaired) electrons. The molecular formula is C32H39F3N4O3S. The zero-order valence-corrected chi connectivity index (χ0v) is 25.7. The molecule has 1 saturated carbocycles. The lowest BCUT2D eigenvalue weighted by Gasteiger charge is -2.47. The highest BCUT2D eigenvalue weighted by atomic mass is 32.2. The number of nitrogens with zero attached hydrogens (tertiary/aromatic N) is 2. The normalized spacial score (nSPS) is 21.8. The summed E-state index contributed by atoms with van der Waals surface area (Å²) in [5.74, 6) is 5.89. The van der Waals surface area contributed by atoms with Crippen LogP contribution in [0.4, 0.5) is 24.5 Å². The van der Waals surface area contributed by atoms with Gasteiger partial charge in [0.15, 0.2) is 9.84 Å². The van der Waals surface area contributed by atoms with E-state index in [0.717, 1.165) is 74.9 Å². The first-order valence-corrected chi connectivity index (χ1v) is 16.5. The van der Waals surface area contributed by atoms with Crippen molar-refractivity contribution in [2.24, 2.45) is 0 Å². The second kappa shape index (κ2) is 12.4. The summed E-state index contributed by atoms with van der Waals surface area (Å²) in [7, 11) is -3.32. The minimum atomic E-state index is -4.41. The van der Waals surface area contributed by atoms with Gasteiger partial charge in [-0.3, -0.25) is 4.90 Å². The van der Waals surface area contributed by atoms with Crippen LogP contribution in [0.2, 0.25) is 0 Å². The summed E-state index contributed by atoms with van der Waals surface area (Å²) < 4.78 is 71.3. The molecule has 1 aliphatic carbocycles. The number of sulfone groups is 1. The number of nitrogens with one attached hydrogen (secondary N) is 2. The zero-order valence-electron chi connectivity index (χ0n) is 24.9. The third kappa shape index (κ3) is 7.48. The first-order chi connectivity index (χ1) is 20.3. The van der Waals surface area contributed by atoms with Crippen LogP contribution < -0.4 is 10.6 Å². The topological polar surface area (TPSA) is 75.6 Å². The van der Waals surface area contributed by atoms with Crippen molar-refractivity contribution < 1.29 is 26.3 Å². The maximum atomic E-state index is 13.6. The predicted octanol–water partition coefficient (Wildman–Crippen LogP) is 5.82. The third-order valence-electron chi connectivity index (χ3n) is 8.69. The number of alkyl halides is 3. The van der Waals surface area contributed by atoms with Gasteiger partial charge in [-0.05, 0) is 87.4 Å². The van der Waals surface area contributed by atoms with Gasteiger partial charge in [0.25, 0.3) is 0 Å². The van der Waals surface area contributed by atoms with Gasteiger partial charge in [0, 0.05) is 47.7 Å². The van der Waals surface area contributed by atoms with Crippen molar-refractivity contribution in [2.75, 3.05) is 49.7 Å². The van der Waals surface area contributed by atoms with Gasteiger partial charge >= 0.3 is 6.18 Å². The standard InChI is InChI=1S/C32H39F3N4O3S/c1-23-20-26(43(3,40)41)9-10-28(23)36-15-5-6-25-21-27-29(7-4-8-30(27)39(25)22-32(33,34)35)37-24-11-13-31(2,14-12-24)38-16-18-42-19-17-38/h4,7-10,20-21,24,36-37H,11-19,22H2,1-3H3. The summed E-state index contributed by atoms with van der Waals surface area (Å²) in [5, 5.41) is 7.49. The molecule has 2 aliphatic rings. The molecule has 232 valence electrons. The van der Waals surface area contributed by atoms with Crippen molar-refractivity contribution >= 4 is 32.1 Å². The second-order valence-corrected chi connectivity index (χ2v) is 13.9. The highest BCUT2D eigenvalue weighted by molar-refractivity contribution is 7.90. The predicted molar refractivity (Wildman–Crippen MR) is 164 cm³/mol. The minimum Gasteiger partial charge on any atom is -0.382 e. The fourth-order valence-electron chi connectivity index (χ4n) is 6.23. The molecule has 11 heteroatoms. The summed E-state index contributed by atoms with van der Waals surface area (Å²) >= 11 is 0. The highest BCUT2D eigenvalue weighted by Crippen LogP contribution is 2.37. The van der Waals surface area contributed by atoms with Crippen LogP contribution in [-0.2, 0) is 21.1 Å². The molecule has 7 nitrogen and oxygen atoms in total. The monoisotopic (exact) mass is 616 g/mol. The van der Waals surface area contributed by atoms with E-state index < -0.39 is 22.6 Å². The maximum Gasteiger partial charge on any atom is 0.406 e. The average Bonchev–Trinajstić information content (AvgIpc) is 3.29. The van der Waals surface area contributed by atoms with Crippen LogP contribution in [-0.4, -0.2) is 74.7 Å². The van der Waals surface area contributed by atoms with Gasteiger partial charge in [-0.1, -0.05) is 12.0 Å². The molecule has 0 unspecified atom stereocenters. The van der Waals surface area contributed by atoms with Crippen LogP contribution in [0, 0.1) is 18.8 Å². The Labute approximate surface area is 251 Å². The summed E-state index contributed by atoms with van der Waals surface area (Å²) in [6.45, 7) is 6.62. The molecule has 3 aromatic rings. The Morgan fingerprint density at radius 3 is 2.44 bits per heavy atom. The van der Waals surface area contributed by atoms with Crippen molar-refractivity contribution in [1.29, 1.82) is 0 Å². The van der Waals surface area contributed by atoms with Crippen molar-refractivity contribution in [1.82, 2.24) is 9.47 Å². The van der Waals surface area contributed by atoms with E-state index in [-0.39, 0.29) is 28.7 Å². The van der Waals surface area contributed by atoms with E-state index >= 15 is 0 Å². The fraction of sp³-hybridized carbons (Fsp3) is 0.500. The lowest BCUT2D eigenvalue weighted by molar-refractivity contribution is -0.140. The molecule has 2 N–H and O–H groups in total.